The molecule has 1 amide bonds. The maximum Gasteiger partial charge on any atom is 0.252 e. The van der Waals surface area contributed by atoms with E-state index in [1.165, 1.54) is 37.8 Å². The van der Waals surface area contributed by atoms with E-state index in [0.29, 0.717) is 22.5 Å². The number of carbonyl (C=O) groups is 1. The molecule has 0 saturated heterocycles. The first-order valence-corrected chi connectivity index (χ1v) is 6.90. The van der Waals surface area contributed by atoms with Crippen molar-refractivity contribution in [1.29, 1.82) is 0 Å². The van der Waals surface area contributed by atoms with Crippen molar-refractivity contribution in [3.05, 3.63) is 28.0 Å². The highest BCUT2D eigenvalue weighted by Crippen LogP contribution is 2.25. The summed E-state index contributed by atoms with van der Waals surface area (Å²) in [5.74, 6) is -0.153. The van der Waals surface area contributed by atoms with E-state index in [0.717, 1.165) is 0 Å². The fourth-order valence-corrected chi connectivity index (χ4v) is 2.78. The predicted molar refractivity (Wildman–Crippen MR) is 72.8 cm³/mol. The molecule has 0 aliphatic heterocycles. The van der Waals surface area contributed by atoms with Crippen molar-refractivity contribution < 1.29 is 9.18 Å². The van der Waals surface area contributed by atoms with E-state index in [2.05, 4.69) is 21.2 Å². The third kappa shape index (κ3) is 3.02. The van der Waals surface area contributed by atoms with Crippen LogP contribution >= 0.6 is 15.9 Å². The summed E-state index contributed by atoms with van der Waals surface area (Å²) in [7, 11) is 0. The van der Waals surface area contributed by atoms with Gasteiger partial charge in [-0.1, -0.05) is 12.8 Å². The molecule has 1 fully saturated rings. The first-order valence-electron chi connectivity index (χ1n) is 6.10. The molecular formula is C13H16BrFN2O. The average Bonchev–Trinajstić information content (AvgIpc) is 2.84. The Balaban J connectivity index is 2.01. The van der Waals surface area contributed by atoms with Gasteiger partial charge >= 0.3 is 0 Å². The topological polar surface area (TPSA) is 55.1 Å². The molecule has 5 heteroatoms. The van der Waals surface area contributed by atoms with Gasteiger partial charge in [0.05, 0.1) is 11.3 Å². The lowest BCUT2D eigenvalue weighted by molar-refractivity contribution is 0.0946. The molecule has 18 heavy (non-hydrogen) atoms. The van der Waals surface area contributed by atoms with Crippen LogP contribution in [-0.2, 0) is 0 Å². The summed E-state index contributed by atoms with van der Waals surface area (Å²) in [4.78, 5) is 12.0. The molecule has 2 rings (SSSR count). The zero-order valence-corrected chi connectivity index (χ0v) is 11.6. The molecule has 0 heterocycles. The first-order chi connectivity index (χ1) is 8.58. The lowest BCUT2D eigenvalue weighted by atomic mass is 10.1. The summed E-state index contributed by atoms with van der Waals surface area (Å²) in [6.45, 7) is 0.683. The fraction of sp³-hybridized carbons (Fsp3) is 0.462. The number of carbonyl (C=O) groups excluding carboxylic acids is 1. The summed E-state index contributed by atoms with van der Waals surface area (Å²) >= 11 is 3.18. The van der Waals surface area contributed by atoms with Crippen molar-refractivity contribution in [3.63, 3.8) is 0 Å². The van der Waals surface area contributed by atoms with Gasteiger partial charge in [-0.2, -0.15) is 0 Å². The summed E-state index contributed by atoms with van der Waals surface area (Å²) in [6.07, 6.45) is 4.83. The van der Waals surface area contributed by atoms with Gasteiger partial charge in [0.2, 0.25) is 0 Å². The second-order valence-corrected chi connectivity index (χ2v) is 5.57. The summed E-state index contributed by atoms with van der Waals surface area (Å²) in [5.41, 5.74) is 5.84. The Morgan fingerprint density at radius 2 is 2.11 bits per heavy atom. The van der Waals surface area contributed by atoms with Crippen LogP contribution in [-0.4, -0.2) is 12.5 Å². The number of hydrogen-bond donors (Lipinski definition) is 2. The van der Waals surface area contributed by atoms with Crippen LogP contribution in [0.4, 0.5) is 10.1 Å². The Labute approximate surface area is 114 Å². The minimum atomic E-state index is -0.519. The third-order valence-electron chi connectivity index (χ3n) is 3.36. The number of halogens is 2. The lowest BCUT2D eigenvalue weighted by Crippen LogP contribution is -2.28. The standard InChI is InChI=1S/C13H16BrFN2O/c14-10-6-11(15)12(16)5-9(10)13(18)17-7-8-3-1-2-4-8/h5-6,8H,1-4,7,16H2,(H,17,18). The Morgan fingerprint density at radius 1 is 1.44 bits per heavy atom. The molecule has 98 valence electrons. The van der Waals surface area contributed by atoms with E-state index >= 15 is 0 Å². The van der Waals surface area contributed by atoms with E-state index in [-0.39, 0.29) is 11.6 Å². The molecule has 0 aromatic heterocycles. The number of rotatable bonds is 3. The van der Waals surface area contributed by atoms with E-state index in [4.69, 9.17) is 5.73 Å². The van der Waals surface area contributed by atoms with E-state index < -0.39 is 5.82 Å². The van der Waals surface area contributed by atoms with E-state index in [9.17, 15) is 9.18 Å². The number of nitrogen functional groups attached to an aromatic ring is 1. The average molecular weight is 315 g/mol. The molecule has 0 atom stereocenters. The minimum absolute atomic E-state index is 0.00998. The van der Waals surface area contributed by atoms with Crippen LogP contribution < -0.4 is 11.1 Å². The van der Waals surface area contributed by atoms with Crippen molar-refractivity contribution in [2.24, 2.45) is 5.92 Å². The van der Waals surface area contributed by atoms with Gasteiger partial charge in [0, 0.05) is 11.0 Å². The molecule has 1 saturated carbocycles. The second kappa shape index (κ2) is 5.69. The molecule has 1 aliphatic rings. The van der Waals surface area contributed by atoms with E-state index in [1.54, 1.807) is 0 Å². The summed E-state index contributed by atoms with van der Waals surface area (Å²) in [5, 5.41) is 2.88. The van der Waals surface area contributed by atoms with Gasteiger partial charge in [0.15, 0.2) is 0 Å². The Hall–Kier alpha value is -1.10. The number of benzene rings is 1. The minimum Gasteiger partial charge on any atom is -0.396 e. The molecule has 0 spiro atoms. The van der Waals surface area contributed by atoms with Crippen molar-refractivity contribution in [2.75, 3.05) is 12.3 Å². The molecule has 0 bridgehead atoms. The van der Waals surface area contributed by atoms with E-state index in [1.807, 2.05) is 0 Å². The van der Waals surface area contributed by atoms with Gasteiger partial charge in [0.25, 0.3) is 5.91 Å². The maximum absolute atomic E-state index is 13.2. The maximum atomic E-state index is 13.2. The van der Waals surface area contributed by atoms with Crippen molar-refractivity contribution in [1.82, 2.24) is 5.32 Å². The van der Waals surface area contributed by atoms with Gasteiger partial charge in [-0.05, 0) is 46.8 Å². The molecule has 3 N–H and O–H groups in total. The van der Waals surface area contributed by atoms with Crippen LogP contribution in [0.3, 0.4) is 0 Å². The second-order valence-electron chi connectivity index (χ2n) is 4.71. The van der Waals surface area contributed by atoms with Gasteiger partial charge in [-0.25, -0.2) is 4.39 Å². The normalized spacial score (nSPS) is 15.9. The molecule has 0 unspecified atom stereocenters. The molecular weight excluding hydrogens is 299 g/mol. The molecule has 1 aromatic rings. The smallest absolute Gasteiger partial charge is 0.252 e. The van der Waals surface area contributed by atoms with Crippen LogP contribution in [0, 0.1) is 11.7 Å². The lowest BCUT2D eigenvalue weighted by Gasteiger charge is -2.12. The van der Waals surface area contributed by atoms with Crippen LogP contribution in [0.15, 0.2) is 16.6 Å². The van der Waals surface area contributed by atoms with Crippen molar-refractivity contribution >= 4 is 27.5 Å². The zero-order chi connectivity index (χ0) is 13.1. The Bertz CT molecular complexity index is 459. The highest BCUT2D eigenvalue weighted by atomic mass is 79.9. The van der Waals surface area contributed by atoms with Crippen LogP contribution in [0.5, 0.6) is 0 Å². The fourth-order valence-electron chi connectivity index (χ4n) is 2.29. The number of hydrogen-bond acceptors (Lipinski definition) is 2. The monoisotopic (exact) mass is 314 g/mol. The van der Waals surface area contributed by atoms with Crippen LogP contribution in [0.1, 0.15) is 36.0 Å². The predicted octanol–water partition coefficient (Wildman–Crippen LogP) is 3.09. The van der Waals surface area contributed by atoms with Gasteiger partial charge in [0.1, 0.15) is 5.82 Å². The molecule has 1 aliphatic carbocycles. The quantitative estimate of drug-likeness (QED) is 0.842. The summed E-state index contributed by atoms with van der Waals surface area (Å²) in [6, 6.07) is 2.59. The number of nitrogens with one attached hydrogen (secondary N) is 1. The summed E-state index contributed by atoms with van der Waals surface area (Å²) < 4.78 is 13.6. The number of nitrogens with two attached hydrogens (primary N) is 1. The highest BCUT2D eigenvalue weighted by molar-refractivity contribution is 9.10. The van der Waals surface area contributed by atoms with Gasteiger partial charge < -0.3 is 11.1 Å². The highest BCUT2D eigenvalue weighted by Gasteiger charge is 2.18. The van der Waals surface area contributed by atoms with Crippen molar-refractivity contribution in [2.45, 2.75) is 25.7 Å². The largest absolute Gasteiger partial charge is 0.396 e. The Kier molecular flexibility index (Phi) is 4.22. The SMILES string of the molecule is Nc1cc(C(=O)NCC2CCCC2)c(Br)cc1F. The molecule has 0 radical (unpaired) electrons. The van der Waals surface area contributed by atoms with Crippen LogP contribution in [0.25, 0.3) is 0 Å². The molecule has 1 aromatic carbocycles. The zero-order valence-electron chi connectivity index (χ0n) is 10.0. The number of amides is 1. The first kappa shape index (κ1) is 13.3. The van der Waals surface area contributed by atoms with Gasteiger partial charge in [-0.3, -0.25) is 4.79 Å². The third-order valence-corrected chi connectivity index (χ3v) is 4.01. The number of anilines is 1. The van der Waals surface area contributed by atoms with Gasteiger partial charge in [-0.15, -0.1) is 0 Å². The van der Waals surface area contributed by atoms with Crippen LogP contribution in [0.2, 0.25) is 0 Å². The molecule has 3 nitrogen and oxygen atoms in total. The van der Waals surface area contributed by atoms with Crippen molar-refractivity contribution in [3.8, 4) is 0 Å². The Morgan fingerprint density at radius 3 is 2.78 bits per heavy atom.